The molecule has 1 aliphatic rings. The second kappa shape index (κ2) is 6.80. The maximum Gasteiger partial charge on any atom is 0.163 e. The summed E-state index contributed by atoms with van der Waals surface area (Å²) in [5.41, 5.74) is 2.67. The number of fused-ring (bicyclic) bond motifs is 1. The number of aromatic nitrogens is 8. The Kier molecular flexibility index (Phi) is 4.11. The lowest BCUT2D eigenvalue weighted by atomic mass is 10.2. The molecule has 0 aliphatic carbocycles. The van der Waals surface area contributed by atoms with Gasteiger partial charge in [-0.25, -0.2) is 15.0 Å². The van der Waals surface area contributed by atoms with Crippen LogP contribution in [-0.2, 0) is 14.1 Å². The Bertz CT molecular complexity index is 1170. The number of nitrogens with zero attached hydrogens (tertiary/aromatic N) is 10. The lowest BCUT2D eigenvalue weighted by molar-refractivity contribution is 0.641. The van der Waals surface area contributed by atoms with Crippen molar-refractivity contribution in [2.75, 3.05) is 36.0 Å². The SMILES string of the molecule is Cc1nc(N2CCN(c3cncc(-c4cnn(C)c4)n3)CC2)c2cnn(C)c2n1. The second-order valence-electron chi connectivity index (χ2n) is 7.24. The highest BCUT2D eigenvalue weighted by molar-refractivity contribution is 5.87. The monoisotopic (exact) mass is 390 g/mol. The van der Waals surface area contributed by atoms with Crippen LogP contribution in [0.3, 0.4) is 0 Å². The van der Waals surface area contributed by atoms with E-state index in [2.05, 4.69) is 30.0 Å². The summed E-state index contributed by atoms with van der Waals surface area (Å²) in [5.74, 6) is 2.60. The number of piperazine rings is 1. The molecule has 1 fully saturated rings. The Balaban J connectivity index is 1.36. The molecule has 0 amide bonds. The van der Waals surface area contributed by atoms with Crippen molar-refractivity contribution in [2.45, 2.75) is 6.92 Å². The topological polar surface area (TPSA) is 93.7 Å². The number of rotatable bonds is 3. The van der Waals surface area contributed by atoms with Gasteiger partial charge in [-0.2, -0.15) is 10.2 Å². The molecule has 0 unspecified atom stereocenters. The predicted molar refractivity (Wildman–Crippen MR) is 110 cm³/mol. The Morgan fingerprint density at radius 2 is 1.62 bits per heavy atom. The summed E-state index contributed by atoms with van der Waals surface area (Å²) < 4.78 is 3.56. The number of hydrogen-bond acceptors (Lipinski definition) is 8. The Morgan fingerprint density at radius 1 is 0.828 bits per heavy atom. The van der Waals surface area contributed by atoms with E-state index in [1.807, 2.05) is 45.8 Å². The Labute approximate surface area is 167 Å². The average Bonchev–Trinajstić information content (AvgIpc) is 3.34. The van der Waals surface area contributed by atoms with Gasteiger partial charge in [0.1, 0.15) is 17.5 Å². The van der Waals surface area contributed by atoms with Gasteiger partial charge >= 0.3 is 0 Å². The van der Waals surface area contributed by atoms with Crippen molar-refractivity contribution in [3.63, 3.8) is 0 Å². The zero-order valence-corrected chi connectivity index (χ0v) is 16.7. The summed E-state index contributed by atoms with van der Waals surface area (Å²) in [6, 6.07) is 0. The summed E-state index contributed by atoms with van der Waals surface area (Å²) in [5, 5.41) is 9.56. The quantitative estimate of drug-likeness (QED) is 0.515. The van der Waals surface area contributed by atoms with Crippen molar-refractivity contribution >= 4 is 22.7 Å². The van der Waals surface area contributed by atoms with Crippen LogP contribution in [0.1, 0.15) is 5.82 Å². The Morgan fingerprint density at radius 3 is 2.38 bits per heavy atom. The van der Waals surface area contributed by atoms with Crippen LogP contribution in [0.2, 0.25) is 0 Å². The molecular weight excluding hydrogens is 368 g/mol. The fourth-order valence-corrected chi connectivity index (χ4v) is 3.70. The number of hydrogen-bond donors (Lipinski definition) is 0. The average molecular weight is 390 g/mol. The maximum absolute atomic E-state index is 4.80. The molecule has 10 heteroatoms. The van der Waals surface area contributed by atoms with Crippen molar-refractivity contribution < 1.29 is 0 Å². The molecule has 1 saturated heterocycles. The minimum absolute atomic E-state index is 0.758. The minimum atomic E-state index is 0.758. The third kappa shape index (κ3) is 3.16. The van der Waals surface area contributed by atoms with E-state index in [-0.39, 0.29) is 0 Å². The highest BCUT2D eigenvalue weighted by atomic mass is 15.3. The first-order chi connectivity index (χ1) is 14.1. The molecule has 0 bridgehead atoms. The van der Waals surface area contributed by atoms with E-state index in [1.165, 1.54) is 0 Å². The van der Waals surface area contributed by atoms with Crippen LogP contribution in [0.25, 0.3) is 22.3 Å². The molecule has 148 valence electrons. The third-order valence-corrected chi connectivity index (χ3v) is 5.21. The van der Waals surface area contributed by atoms with Crippen LogP contribution in [0, 0.1) is 6.92 Å². The molecule has 5 rings (SSSR count). The fourth-order valence-electron chi connectivity index (χ4n) is 3.70. The molecule has 1 aliphatic heterocycles. The first-order valence-electron chi connectivity index (χ1n) is 9.56. The van der Waals surface area contributed by atoms with Crippen LogP contribution in [0.5, 0.6) is 0 Å². The van der Waals surface area contributed by atoms with E-state index in [4.69, 9.17) is 9.97 Å². The van der Waals surface area contributed by atoms with Gasteiger partial charge in [0.2, 0.25) is 0 Å². The van der Waals surface area contributed by atoms with E-state index < -0.39 is 0 Å². The molecule has 0 radical (unpaired) electrons. The van der Waals surface area contributed by atoms with E-state index in [1.54, 1.807) is 15.6 Å². The normalized spacial score (nSPS) is 14.7. The van der Waals surface area contributed by atoms with Gasteiger partial charge in [-0.3, -0.25) is 14.3 Å². The van der Waals surface area contributed by atoms with Crippen molar-refractivity contribution in [3.05, 3.63) is 36.8 Å². The summed E-state index contributed by atoms with van der Waals surface area (Å²) in [7, 11) is 3.80. The summed E-state index contributed by atoms with van der Waals surface area (Å²) >= 11 is 0. The maximum atomic E-state index is 4.80. The van der Waals surface area contributed by atoms with Crippen LogP contribution in [0.15, 0.2) is 31.0 Å². The first-order valence-corrected chi connectivity index (χ1v) is 9.56. The third-order valence-electron chi connectivity index (χ3n) is 5.21. The van der Waals surface area contributed by atoms with E-state index in [9.17, 15) is 0 Å². The zero-order valence-electron chi connectivity index (χ0n) is 16.7. The molecule has 0 atom stereocenters. The van der Waals surface area contributed by atoms with Crippen LogP contribution in [0.4, 0.5) is 11.6 Å². The van der Waals surface area contributed by atoms with Gasteiger partial charge < -0.3 is 9.80 Å². The van der Waals surface area contributed by atoms with Gasteiger partial charge in [0, 0.05) is 52.0 Å². The summed E-state index contributed by atoms with van der Waals surface area (Å²) in [6.07, 6.45) is 9.20. The van der Waals surface area contributed by atoms with Gasteiger partial charge in [-0.05, 0) is 6.92 Å². The molecule has 0 saturated carbocycles. The van der Waals surface area contributed by atoms with Crippen molar-refractivity contribution in [1.82, 2.24) is 39.5 Å². The van der Waals surface area contributed by atoms with Crippen LogP contribution in [-0.4, -0.2) is 65.7 Å². The Hall–Kier alpha value is -3.56. The van der Waals surface area contributed by atoms with E-state index in [0.717, 1.165) is 65.9 Å². The summed E-state index contributed by atoms with van der Waals surface area (Å²) in [4.78, 5) is 23.0. The van der Waals surface area contributed by atoms with Crippen molar-refractivity contribution in [2.24, 2.45) is 14.1 Å². The molecule has 5 heterocycles. The zero-order chi connectivity index (χ0) is 20.0. The second-order valence-corrected chi connectivity index (χ2v) is 7.24. The van der Waals surface area contributed by atoms with Crippen LogP contribution < -0.4 is 9.80 Å². The molecule has 29 heavy (non-hydrogen) atoms. The smallest absolute Gasteiger partial charge is 0.163 e. The van der Waals surface area contributed by atoms with Gasteiger partial charge in [-0.15, -0.1) is 0 Å². The van der Waals surface area contributed by atoms with E-state index in [0.29, 0.717) is 0 Å². The fraction of sp³-hybridized carbons (Fsp3) is 0.368. The molecule has 0 aromatic carbocycles. The van der Waals surface area contributed by atoms with E-state index >= 15 is 0 Å². The lowest BCUT2D eigenvalue weighted by Crippen LogP contribution is -2.47. The lowest BCUT2D eigenvalue weighted by Gasteiger charge is -2.36. The highest BCUT2D eigenvalue weighted by Gasteiger charge is 2.23. The number of anilines is 2. The highest BCUT2D eigenvalue weighted by Crippen LogP contribution is 2.26. The standard InChI is InChI=1S/C19H22N10/c1-13-23-18-15(9-22-27(18)3)19(24-13)29-6-4-28(5-7-29)17-11-20-10-16(25-17)14-8-21-26(2)12-14/h8-12H,4-7H2,1-3H3. The first kappa shape index (κ1) is 17.5. The minimum Gasteiger partial charge on any atom is -0.352 e. The van der Waals surface area contributed by atoms with Crippen molar-refractivity contribution in [1.29, 1.82) is 0 Å². The molecule has 0 spiro atoms. The van der Waals surface area contributed by atoms with Gasteiger partial charge in [0.15, 0.2) is 5.65 Å². The molecular formula is C19H22N10. The molecule has 4 aromatic rings. The largest absolute Gasteiger partial charge is 0.352 e. The number of aryl methyl sites for hydroxylation is 3. The molecule has 0 N–H and O–H groups in total. The van der Waals surface area contributed by atoms with Gasteiger partial charge in [0.05, 0.1) is 35.9 Å². The molecule has 4 aromatic heterocycles. The van der Waals surface area contributed by atoms with Crippen molar-refractivity contribution in [3.8, 4) is 11.3 Å². The van der Waals surface area contributed by atoms with Gasteiger partial charge in [0.25, 0.3) is 0 Å². The predicted octanol–water partition coefficient (Wildman–Crippen LogP) is 1.19. The summed E-state index contributed by atoms with van der Waals surface area (Å²) in [6.45, 7) is 5.30. The van der Waals surface area contributed by atoms with Crippen LogP contribution >= 0.6 is 0 Å². The van der Waals surface area contributed by atoms with Gasteiger partial charge in [-0.1, -0.05) is 0 Å². The molecule has 10 nitrogen and oxygen atoms in total.